The normalized spacial score (nSPS) is 19.5. The van der Waals surface area contributed by atoms with E-state index in [1.54, 1.807) is 34.8 Å². The van der Waals surface area contributed by atoms with Crippen LogP contribution in [0.5, 0.6) is 0 Å². The molecule has 5 nitrogen and oxygen atoms in total. The molecule has 1 fully saturated rings. The largest absolute Gasteiger partial charge is 0.331 e. The van der Waals surface area contributed by atoms with Gasteiger partial charge in [0.05, 0.1) is 5.75 Å². The first-order valence-corrected chi connectivity index (χ1v) is 10.2. The molecule has 0 bridgehead atoms. The monoisotopic (exact) mass is 367 g/mol. The van der Waals surface area contributed by atoms with Crippen LogP contribution in [-0.4, -0.2) is 35.4 Å². The lowest BCUT2D eigenvalue weighted by molar-refractivity contribution is 0.263. The van der Waals surface area contributed by atoms with Crippen LogP contribution in [0, 0.1) is 0 Å². The summed E-state index contributed by atoms with van der Waals surface area (Å²) in [6.45, 7) is 3.15. The van der Waals surface area contributed by atoms with Gasteiger partial charge in [-0.3, -0.25) is 0 Å². The zero-order valence-electron chi connectivity index (χ0n) is 13.7. The van der Waals surface area contributed by atoms with Crippen LogP contribution in [0.4, 0.5) is 0 Å². The van der Waals surface area contributed by atoms with Crippen LogP contribution in [-0.2, 0) is 22.2 Å². The molecule has 1 aromatic heterocycles. The van der Waals surface area contributed by atoms with Gasteiger partial charge >= 0.3 is 0 Å². The molecule has 24 heavy (non-hydrogen) atoms. The van der Waals surface area contributed by atoms with Gasteiger partial charge < -0.3 is 4.57 Å². The number of rotatable bonds is 5. The summed E-state index contributed by atoms with van der Waals surface area (Å²) in [5, 5.41) is 0.560. The van der Waals surface area contributed by atoms with Crippen molar-refractivity contribution in [1.29, 1.82) is 0 Å². The van der Waals surface area contributed by atoms with E-state index in [9.17, 15) is 8.42 Å². The van der Waals surface area contributed by atoms with E-state index in [1.165, 1.54) is 0 Å². The Kier molecular flexibility index (Phi) is 5.27. The van der Waals surface area contributed by atoms with Crippen LogP contribution < -0.4 is 0 Å². The predicted molar refractivity (Wildman–Crippen MR) is 95.5 cm³/mol. The first-order chi connectivity index (χ1) is 11.5. The Labute approximate surface area is 148 Å². The van der Waals surface area contributed by atoms with Crippen molar-refractivity contribution in [2.45, 2.75) is 38.0 Å². The van der Waals surface area contributed by atoms with Gasteiger partial charge in [-0.15, -0.1) is 0 Å². The SMILES string of the molecule is CCc1nccn1C1CCCN(S(=O)(=O)Cc2cccc(Cl)c2)C1. The third kappa shape index (κ3) is 3.82. The Morgan fingerprint density at radius 1 is 1.38 bits per heavy atom. The van der Waals surface area contributed by atoms with E-state index in [0.29, 0.717) is 18.1 Å². The number of benzene rings is 1. The Morgan fingerprint density at radius 2 is 2.21 bits per heavy atom. The lowest BCUT2D eigenvalue weighted by Gasteiger charge is -2.33. The molecule has 0 radical (unpaired) electrons. The second-order valence-corrected chi connectivity index (χ2v) is 8.55. The van der Waals surface area contributed by atoms with Gasteiger partial charge in [0, 0.05) is 43.0 Å². The summed E-state index contributed by atoms with van der Waals surface area (Å²) in [5.74, 6) is 0.999. The number of aromatic nitrogens is 2. The molecule has 2 heterocycles. The molecule has 0 aliphatic carbocycles. The van der Waals surface area contributed by atoms with Gasteiger partial charge in [-0.05, 0) is 30.5 Å². The lowest BCUT2D eigenvalue weighted by Crippen LogP contribution is -2.41. The van der Waals surface area contributed by atoms with Crippen molar-refractivity contribution in [3.05, 3.63) is 53.1 Å². The fourth-order valence-electron chi connectivity index (χ4n) is 3.28. The minimum atomic E-state index is -3.36. The summed E-state index contributed by atoms with van der Waals surface area (Å²) in [6, 6.07) is 7.21. The number of aryl methyl sites for hydroxylation is 1. The van der Waals surface area contributed by atoms with Crippen molar-refractivity contribution in [3.63, 3.8) is 0 Å². The Bertz CT molecular complexity index is 804. The molecule has 1 unspecified atom stereocenters. The van der Waals surface area contributed by atoms with Crippen LogP contribution in [0.25, 0.3) is 0 Å². The van der Waals surface area contributed by atoms with Crippen molar-refractivity contribution in [2.75, 3.05) is 13.1 Å². The highest BCUT2D eigenvalue weighted by molar-refractivity contribution is 7.88. The van der Waals surface area contributed by atoms with E-state index >= 15 is 0 Å². The Hall–Kier alpha value is -1.37. The minimum absolute atomic E-state index is 0.00908. The summed E-state index contributed by atoms with van der Waals surface area (Å²) >= 11 is 5.96. The van der Waals surface area contributed by atoms with Crippen LogP contribution in [0.15, 0.2) is 36.7 Å². The van der Waals surface area contributed by atoms with E-state index in [1.807, 2.05) is 6.20 Å². The van der Waals surface area contributed by atoms with Gasteiger partial charge in [0.25, 0.3) is 0 Å². The highest BCUT2D eigenvalue weighted by Gasteiger charge is 2.30. The molecule has 0 spiro atoms. The van der Waals surface area contributed by atoms with Crippen molar-refractivity contribution >= 4 is 21.6 Å². The van der Waals surface area contributed by atoms with Gasteiger partial charge in [0.15, 0.2) is 0 Å². The molecule has 2 aromatic rings. The van der Waals surface area contributed by atoms with Crippen LogP contribution in [0.2, 0.25) is 5.02 Å². The van der Waals surface area contributed by atoms with E-state index < -0.39 is 10.0 Å². The molecular weight excluding hydrogens is 346 g/mol. The molecule has 1 aliphatic heterocycles. The smallest absolute Gasteiger partial charge is 0.218 e. The maximum Gasteiger partial charge on any atom is 0.218 e. The molecule has 0 amide bonds. The minimum Gasteiger partial charge on any atom is -0.331 e. The van der Waals surface area contributed by atoms with Crippen molar-refractivity contribution in [2.24, 2.45) is 0 Å². The van der Waals surface area contributed by atoms with E-state index in [2.05, 4.69) is 16.5 Å². The Morgan fingerprint density at radius 3 is 2.96 bits per heavy atom. The molecule has 1 aromatic carbocycles. The number of imidazole rings is 1. The fraction of sp³-hybridized carbons (Fsp3) is 0.471. The van der Waals surface area contributed by atoms with Gasteiger partial charge in [-0.1, -0.05) is 30.7 Å². The van der Waals surface area contributed by atoms with Crippen molar-refractivity contribution in [1.82, 2.24) is 13.9 Å². The molecule has 1 saturated heterocycles. The maximum absolute atomic E-state index is 12.8. The zero-order valence-corrected chi connectivity index (χ0v) is 15.3. The van der Waals surface area contributed by atoms with Crippen molar-refractivity contribution in [3.8, 4) is 0 Å². The van der Waals surface area contributed by atoms with E-state index in [-0.39, 0.29) is 11.8 Å². The van der Waals surface area contributed by atoms with Crippen LogP contribution in [0.3, 0.4) is 0 Å². The van der Waals surface area contributed by atoms with Gasteiger partial charge in [0.1, 0.15) is 5.82 Å². The Balaban J connectivity index is 1.76. The van der Waals surface area contributed by atoms with Crippen LogP contribution in [0.1, 0.15) is 37.2 Å². The fourth-order valence-corrected chi connectivity index (χ4v) is 5.08. The number of nitrogens with zero attached hydrogens (tertiary/aromatic N) is 3. The average molecular weight is 368 g/mol. The summed E-state index contributed by atoms with van der Waals surface area (Å²) < 4.78 is 29.3. The number of piperidine rings is 1. The van der Waals surface area contributed by atoms with Gasteiger partial charge in [-0.2, -0.15) is 4.31 Å². The number of halogens is 1. The maximum atomic E-state index is 12.8. The number of hydrogen-bond acceptors (Lipinski definition) is 3. The predicted octanol–water partition coefficient (Wildman–Crippen LogP) is 3.27. The quantitative estimate of drug-likeness (QED) is 0.815. The third-order valence-electron chi connectivity index (χ3n) is 4.45. The summed E-state index contributed by atoms with van der Waals surface area (Å²) in [5.41, 5.74) is 0.724. The molecule has 130 valence electrons. The first-order valence-electron chi connectivity index (χ1n) is 8.23. The second-order valence-electron chi connectivity index (χ2n) is 6.14. The highest BCUT2D eigenvalue weighted by Crippen LogP contribution is 2.26. The molecule has 1 aliphatic rings. The second kappa shape index (κ2) is 7.25. The molecule has 0 N–H and O–H groups in total. The standard InChI is InChI=1S/C17H22ClN3O2S/c1-2-17-19-8-10-21(17)16-7-4-9-20(12-16)24(22,23)13-14-5-3-6-15(18)11-14/h3,5-6,8,10-11,16H,2,4,7,9,12-13H2,1H3. The van der Waals surface area contributed by atoms with E-state index in [0.717, 1.165) is 30.7 Å². The first kappa shape index (κ1) is 17.5. The summed E-state index contributed by atoms with van der Waals surface area (Å²) in [7, 11) is -3.36. The highest BCUT2D eigenvalue weighted by atomic mass is 35.5. The van der Waals surface area contributed by atoms with E-state index in [4.69, 9.17) is 11.6 Å². The third-order valence-corrected chi connectivity index (χ3v) is 6.50. The van der Waals surface area contributed by atoms with Crippen molar-refractivity contribution < 1.29 is 8.42 Å². The molecular formula is C17H22ClN3O2S. The summed E-state index contributed by atoms with van der Waals surface area (Å²) in [6.07, 6.45) is 6.43. The summed E-state index contributed by atoms with van der Waals surface area (Å²) in [4.78, 5) is 4.35. The lowest BCUT2D eigenvalue weighted by atomic mass is 10.1. The number of hydrogen-bond donors (Lipinski definition) is 0. The van der Waals surface area contributed by atoms with Crippen LogP contribution >= 0.6 is 11.6 Å². The molecule has 0 saturated carbocycles. The topological polar surface area (TPSA) is 55.2 Å². The molecule has 3 rings (SSSR count). The molecule has 1 atom stereocenters. The zero-order chi connectivity index (χ0) is 17.2. The van der Waals surface area contributed by atoms with Gasteiger partial charge in [0.2, 0.25) is 10.0 Å². The average Bonchev–Trinajstić information content (AvgIpc) is 3.03. The number of sulfonamides is 1. The molecule has 7 heteroatoms. The van der Waals surface area contributed by atoms with Gasteiger partial charge in [-0.25, -0.2) is 13.4 Å².